The van der Waals surface area contributed by atoms with Gasteiger partial charge in [-0.3, -0.25) is 0 Å². The summed E-state index contributed by atoms with van der Waals surface area (Å²) >= 11 is 0. The van der Waals surface area contributed by atoms with Gasteiger partial charge in [0.25, 0.3) is 0 Å². The summed E-state index contributed by atoms with van der Waals surface area (Å²) in [5.74, 6) is 0. The van der Waals surface area contributed by atoms with E-state index in [1.54, 1.807) is 0 Å². The third kappa shape index (κ3) is 3.46. The number of furan rings is 1. The molecular weight excluding hydrogens is 548 g/mol. The van der Waals surface area contributed by atoms with E-state index < -0.39 is 0 Å². The van der Waals surface area contributed by atoms with Crippen LogP contribution in [0.5, 0.6) is 0 Å². The van der Waals surface area contributed by atoms with Crippen LogP contribution in [-0.4, -0.2) is 9.13 Å². The fraction of sp³-hybridized carbons (Fsp3) is 0. The zero-order valence-corrected chi connectivity index (χ0v) is 24.3. The minimum Gasteiger partial charge on any atom is -0.456 e. The van der Waals surface area contributed by atoms with Crippen LogP contribution in [0.15, 0.2) is 162 Å². The van der Waals surface area contributed by atoms with Crippen molar-refractivity contribution in [1.29, 1.82) is 0 Å². The smallest absolute Gasteiger partial charge is 0.136 e. The standard InChI is InChI=1S/C42H26N2O/c1-2-13-28(14-3-1)44-38-22-8-4-16-31(38)34-20-11-19-30(42(34)44)27-12-10-15-29(24-27)43-37-21-7-5-17-32(37)35-26-41-36(25-39(35)43)33-18-6-9-23-40(33)45-41/h1-26H. The second-order valence-electron chi connectivity index (χ2n) is 11.8. The first-order chi connectivity index (χ1) is 22.3. The van der Waals surface area contributed by atoms with Crippen molar-refractivity contribution in [2.24, 2.45) is 0 Å². The zero-order valence-electron chi connectivity index (χ0n) is 24.3. The van der Waals surface area contributed by atoms with Crippen molar-refractivity contribution in [3.05, 3.63) is 158 Å². The number of aromatic nitrogens is 2. The molecule has 0 bridgehead atoms. The van der Waals surface area contributed by atoms with Gasteiger partial charge in [-0.15, -0.1) is 0 Å². The zero-order chi connectivity index (χ0) is 29.5. The average molecular weight is 575 g/mol. The Bertz CT molecular complexity index is 2760. The molecule has 3 heteroatoms. The van der Waals surface area contributed by atoms with Gasteiger partial charge in [0.05, 0.1) is 22.1 Å². The van der Waals surface area contributed by atoms with Crippen LogP contribution in [0.25, 0.3) is 88.1 Å². The van der Waals surface area contributed by atoms with Gasteiger partial charge in [-0.25, -0.2) is 0 Å². The highest BCUT2D eigenvalue weighted by atomic mass is 16.3. The highest BCUT2D eigenvalue weighted by Crippen LogP contribution is 2.41. The van der Waals surface area contributed by atoms with Crippen molar-refractivity contribution in [2.45, 2.75) is 0 Å². The Morgan fingerprint density at radius 3 is 1.84 bits per heavy atom. The van der Waals surface area contributed by atoms with Crippen molar-refractivity contribution < 1.29 is 4.42 Å². The van der Waals surface area contributed by atoms with Crippen molar-refractivity contribution in [3.63, 3.8) is 0 Å². The molecule has 0 aliphatic heterocycles. The molecule has 0 saturated heterocycles. The lowest BCUT2D eigenvalue weighted by Crippen LogP contribution is -1.96. The highest BCUT2D eigenvalue weighted by molar-refractivity contribution is 6.17. The molecule has 0 fully saturated rings. The average Bonchev–Trinajstić information content (AvgIpc) is 3.75. The number of hydrogen-bond acceptors (Lipinski definition) is 1. The largest absolute Gasteiger partial charge is 0.456 e. The van der Waals surface area contributed by atoms with Crippen LogP contribution < -0.4 is 0 Å². The summed E-state index contributed by atoms with van der Waals surface area (Å²) < 4.78 is 11.1. The third-order valence-corrected chi connectivity index (χ3v) is 9.30. The molecule has 0 spiro atoms. The van der Waals surface area contributed by atoms with Crippen molar-refractivity contribution in [1.82, 2.24) is 9.13 Å². The molecule has 0 aliphatic carbocycles. The normalized spacial score (nSPS) is 12.0. The second-order valence-corrected chi connectivity index (χ2v) is 11.8. The predicted molar refractivity (Wildman–Crippen MR) is 188 cm³/mol. The van der Waals surface area contributed by atoms with Gasteiger partial charge in [-0.1, -0.05) is 103 Å². The Labute approximate surface area is 258 Å². The topological polar surface area (TPSA) is 23.0 Å². The van der Waals surface area contributed by atoms with Crippen LogP contribution >= 0.6 is 0 Å². The van der Waals surface area contributed by atoms with Crippen molar-refractivity contribution in [3.8, 4) is 22.5 Å². The van der Waals surface area contributed by atoms with Gasteiger partial charge in [-0.2, -0.15) is 0 Å². The van der Waals surface area contributed by atoms with Gasteiger partial charge >= 0.3 is 0 Å². The van der Waals surface area contributed by atoms with E-state index in [1.807, 2.05) is 12.1 Å². The third-order valence-electron chi connectivity index (χ3n) is 9.30. The fourth-order valence-corrected chi connectivity index (χ4v) is 7.37. The summed E-state index contributed by atoms with van der Waals surface area (Å²) in [6.07, 6.45) is 0. The molecule has 7 aromatic carbocycles. The van der Waals surface area contributed by atoms with Gasteiger partial charge in [0.1, 0.15) is 11.2 Å². The van der Waals surface area contributed by atoms with Crippen LogP contribution in [0.4, 0.5) is 0 Å². The summed E-state index contributed by atoms with van der Waals surface area (Å²) in [5, 5.41) is 7.19. The molecule has 45 heavy (non-hydrogen) atoms. The van der Waals surface area contributed by atoms with Crippen LogP contribution in [0.1, 0.15) is 0 Å². The maximum absolute atomic E-state index is 6.30. The van der Waals surface area contributed by atoms with Crippen LogP contribution in [0, 0.1) is 0 Å². The van der Waals surface area contributed by atoms with E-state index in [2.05, 4.69) is 155 Å². The Morgan fingerprint density at radius 1 is 0.356 bits per heavy atom. The van der Waals surface area contributed by atoms with E-state index in [0.717, 1.165) is 33.3 Å². The molecule has 10 rings (SSSR count). The van der Waals surface area contributed by atoms with E-state index in [9.17, 15) is 0 Å². The summed E-state index contributed by atoms with van der Waals surface area (Å²) in [7, 11) is 0. The molecule has 0 amide bonds. The number of nitrogens with zero attached hydrogens (tertiary/aromatic N) is 2. The molecule has 0 unspecified atom stereocenters. The first-order valence-electron chi connectivity index (χ1n) is 15.4. The quantitative estimate of drug-likeness (QED) is 0.206. The minimum atomic E-state index is 0.917. The van der Waals surface area contributed by atoms with Crippen molar-refractivity contribution >= 4 is 65.6 Å². The van der Waals surface area contributed by atoms with Crippen molar-refractivity contribution in [2.75, 3.05) is 0 Å². The maximum Gasteiger partial charge on any atom is 0.136 e. The Kier molecular flexibility index (Phi) is 5.00. The van der Waals surface area contributed by atoms with Crippen LogP contribution in [-0.2, 0) is 0 Å². The van der Waals surface area contributed by atoms with Gasteiger partial charge in [0, 0.05) is 49.3 Å². The Morgan fingerprint density at radius 2 is 1.00 bits per heavy atom. The van der Waals surface area contributed by atoms with Gasteiger partial charge in [0.2, 0.25) is 0 Å². The number of rotatable bonds is 3. The van der Waals surface area contributed by atoms with E-state index in [-0.39, 0.29) is 0 Å². The van der Waals surface area contributed by atoms with Gasteiger partial charge in [-0.05, 0) is 60.2 Å². The first kappa shape index (κ1) is 24.4. The molecule has 3 aromatic heterocycles. The van der Waals surface area contributed by atoms with E-state index in [4.69, 9.17) is 4.42 Å². The van der Waals surface area contributed by atoms with Gasteiger partial charge in [0.15, 0.2) is 0 Å². The molecule has 0 aliphatic rings. The lowest BCUT2D eigenvalue weighted by Gasteiger charge is -2.14. The lowest BCUT2D eigenvalue weighted by atomic mass is 10.0. The molecule has 210 valence electrons. The molecule has 10 aromatic rings. The molecule has 0 N–H and O–H groups in total. The molecule has 0 saturated carbocycles. The highest BCUT2D eigenvalue weighted by Gasteiger charge is 2.19. The Balaban J connectivity index is 1.26. The number of benzene rings is 7. The number of para-hydroxylation sites is 5. The minimum absolute atomic E-state index is 0.917. The molecule has 0 radical (unpaired) electrons. The summed E-state index contributed by atoms with van der Waals surface area (Å²) in [6, 6.07) is 56.6. The van der Waals surface area contributed by atoms with E-state index in [1.165, 1.54) is 54.7 Å². The van der Waals surface area contributed by atoms with Crippen LogP contribution in [0.3, 0.4) is 0 Å². The second kappa shape index (κ2) is 9.22. The number of hydrogen-bond donors (Lipinski definition) is 0. The number of fused-ring (bicyclic) bond motifs is 9. The first-order valence-corrected chi connectivity index (χ1v) is 15.4. The molecular formula is C42H26N2O. The molecule has 3 heterocycles. The predicted octanol–water partition coefficient (Wildman–Crippen LogP) is 11.4. The maximum atomic E-state index is 6.30. The Hall–Kier alpha value is -6.06. The SMILES string of the molecule is c1ccc(-n2c3ccccc3c3cccc(-c4cccc(-n5c6ccccc6c6cc7oc8ccccc8c7cc65)c4)c32)cc1. The fourth-order valence-electron chi connectivity index (χ4n) is 7.37. The molecule has 3 nitrogen and oxygen atoms in total. The van der Waals surface area contributed by atoms with Crippen LogP contribution in [0.2, 0.25) is 0 Å². The molecule has 0 atom stereocenters. The van der Waals surface area contributed by atoms with E-state index >= 15 is 0 Å². The summed E-state index contributed by atoms with van der Waals surface area (Å²) in [4.78, 5) is 0. The summed E-state index contributed by atoms with van der Waals surface area (Å²) in [6.45, 7) is 0. The lowest BCUT2D eigenvalue weighted by molar-refractivity contribution is 0.669. The van der Waals surface area contributed by atoms with Gasteiger partial charge < -0.3 is 13.6 Å². The monoisotopic (exact) mass is 574 g/mol. The van der Waals surface area contributed by atoms with E-state index in [0.29, 0.717) is 0 Å². The summed E-state index contributed by atoms with van der Waals surface area (Å²) in [5.41, 5.74) is 11.3.